The van der Waals surface area contributed by atoms with Crippen molar-refractivity contribution in [3.63, 3.8) is 0 Å². The number of aromatic nitrogens is 1. The van der Waals surface area contributed by atoms with Crippen molar-refractivity contribution in [2.24, 2.45) is 7.05 Å². The highest BCUT2D eigenvalue weighted by atomic mass is 31.2. The summed E-state index contributed by atoms with van der Waals surface area (Å²) in [7, 11) is -0.540. The second-order valence-electron chi connectivity index (χ2n) is 7.19. The average molecular weight is 376 g/mol. The Morgan fingerprint density at radius 2 is 1.74 bits per heavy atom. The number of amides is 1. The highest BCUT2D eigenvalue weighted by Crippen LogP contribution is 2.39. The number of carbonyl (C=O) groups excluding carboxylic acids is 1. The third-order valence-electron chi connectivity index (χ3n) is 4.87. The van der Waals surface area contributed by atoms with E-state index in [2.05, 4.69) is 5.32 Å². The van der Waals surface area contributed by atoms with Crippen LogP contribution in [0.4, 0.5) is 5.69 Å². The second-order valence-corrected chi connectivity index (χ2v) is 10.4. The molecule has 0 spiro atoms. The number of anilines is 1. The van der Waals surface area contributed by atoms with E-state index in [1.807, 2.05) is 78.5 Å². The zero-order valence-corrected chi connectivity index (χ0v) is 16.5. The van der Waals surface area contributed by atoms with Crippen molar-refractivity contribution in [1.29, 1.82) is 0 Å². The van der Waals surface area contributed by atoms with E-state index in [0.717, 1.165) is 33.4 Å². The summed E-state index contributed by atoms with van der Waals surface area (Å²) in [4.78, 5) is 12.6. The molecule has 4 rings (SSSR count). The Morgan fingerprint density at radius 1 is 1.00 bits per heavy atom. The van der Waals surface area contributed by atoms with Crippen LogP contribution in [-0.4, -0.2) is 23.8 Å². The van der Waals surface area contributed by atoms with Gasteiger partial charge < -0.3 is 14.4 Å². The Hall–Kier alpha value is -2.84. The Bertz CT molecular complexity index is 1120. The maximum Gasteiger partial charge on any atom is 0.256 e. The molecule has 1 aliphatic rings. The van der Waals surface area contributed by atoms with Gasteiger partial charge in [-0.1, -0.05) is 42.5 Å². The van der Waals surface area contributed by atoms with E-state index in [-0.39, 0.29) is 5.91 Å². The molecule has 27 heavy (non-hydrogen) atoms. The minimum atomic E-state index is -2.44. The molecule has 1 aliphatic heterocycles. The maximum atomic E-state index is 12.6. The molecule has 0 bridgehead atoms. The van der Waals surface area contributed by atoms with Gasteiger partial charge in [-0.2, -0.15) is 0 Å². The number of carbonyl (C=O) groups is 1. The van der Waals surface area contributed by atoms with Gasteiger partial charge in [-0.25, -0.2) is 0 Å². The van der Waals surface area contributed by atoms with Gasteiger partial charge in [-0.3, -0.25) is 4.79 Å². The summed E-state index contributed by atoms with van der Waals surface area (Å²) in [5, 5.41) is 3.75. The lowest BCUT2D eigenvalue weighted by Crippen LogP contribution is -2.09. The Labute approximate surface area is 158 Å². The van der Waals surface area contributed by atoms with Crippen LogP contribution in [0, 0.1) is 0 Å². The van der Waals surface area contributed by atoms with Crippen molar-refractivity contribution in [1.82, 2.24) is 4.57 Å². The van der Waals surface area contributed by atoms with Gasteiger partial charge in [0.2, 0.25) is 0 Å². The maximum absolute atomic E-state index is 12.6. The summed E-state index contributed by atoms with van der Waals surface area (Å²) in [6.07, 6.45) is 3.73. The van der Waals surface area contributed by atoms with Crippen molar-refractivity contribution in [3.05, 3.63) is 72.1 Å². The van der Waals surface area contributed by atoms with Crippen LogP contribution in [0.2, 0.25) is 0 Å². The quantitative estimate of drug-likeness (QED) is 0.543. The van der Waals surface area contributed by atoms with Crippen molar-refractivity contribution in [3.8, 4) is 11.1 Å². The summed E-state index contributed by atoms with van der Waals surface area (Å²) in [5.41, 5.74) is 5.25. The minimum Gasteiger partial charge on any atom is -0.350 e. The molecule has 5 heteroatoms. The van der Waals surface area contributed by atoms with Gasteiger partial charge in [-0.05, 0) is 42.7 Å². The molecular formula is C22H21N2O2P. The van der Waals surface area contributed by atoms with Gasteiger partial charge in [0.05, 0.1) is 11.3 Å². The number of hydrogen-bond acceptors (Lipinski definition) is 2. The molecule has 0 radical (unpaired) electrons. The molecule has 0 fully saturated rings. The van der Waals surface area contributed by atoms with Crippen LogP contribution in [0.3, 0.4) is 0 Å². The minimum absolute atomic E-state index is 0.135. The molecule has 0 aliphatic carbocycles. The number of aryl methyl sites for hydroxylation is 1. The highest BCUT2D eigenvalue weighted by molar-refractivity contribution is 7.70. The fourth-order valence-electron chi connectivity index (χ4n) is 3.44. The van der Waals surface area contributed by atoms with E-state index in [0.29, 0.717) is 5.57 Å². The van der Waals surface area contributed by atoms with Crippen LogP contribution >= 0.6 is 7.14 Å². The van der Waals surface area contributed by atoms with Crippen LogP contribution < -0.4 is 10.6 Å². The first kappa shape index (κ1) is 17.6. The van der Waals surface area contributed by atoms with Gasteiger partial charge >= 0.3 is 0 Å². The van der Waals surface area contributed by atoms with Crippen molar-refractivity contribution in [2.75, 3.05) is 18.6 Å². The normalized spacial score (nSPS) is 15.1. The topological polar surface area (TPSA) is 51.1 Å². The zero-order chi connectivity index (χ0) is 19.2. The summed E-state index contributed by atoms with van der Waals surface area (Å²) in [6, 6.07) is 17.9. The third kappa shape index (κ3) is 3.17. The number of nitrogens with one attached hydrogen (secondary N) is 1. The first-order valence-corrected chi connectivity index (χ1v) is 11.4. The number of hydrogen-bond donors (Lipinski definition) is 1. The molecule has 0 atom stereocenters. The molecule has 1 aromatic heterocycles. The molecule has 0 unspecified atom stereocenters. The summed E-state index contributed by atoms with van der Waals surface area (Å²) >= 11 is 0. The number of rotatable bonds is 3. The van der Waals surface area contributed by atoms with Crippen molar-refractivity contribution in [2.45, 2.75) is 0 Å². The van der Waals surface area contributed by atoms with E-state index in [9.17, 15) is 9.36 Å². The summed E-state index contributed by atoms with van der Waals surface area (Å²) in [6.45, 7) is 3.50. The molecule has 2 aromatic carbocycles. The Balaban J connectivity index is 1.81. The lowest BCUT2D eigenvalue weighted by atomic mass is 10.00. The van der Waals surface area contributed by atoms with E-state index in [4.69, 9.17) is 0 Å². The van der Waals surface area contributed by atoms with E-state index < -0.39 is 7.14 Å². The molecule has 136 valence electrons. The standard InChI is InChI=1S/C22H21N2O2P/c1-24-12-11-21(27(2,3)26)20(24)14-18-17-10-9-16(13-19(17)23-22(18)25)15-7-5-4-6-8-15/h4-14H,1-3H3,(H,23,25). The third-order valence-corrected chi connectivity index (χ3v) is 6.41. The van der Waals surface area contributed by atoms with Crippen LogP contribution in [-0.2, 0) is 16.4 Å². The molecule has 0 saturated heterocycles. The summed E-state index contributed by atoms with van der Waals surface area (Å²) in [5.74, 6) is -0.135. The SMILES string of the molecule is Cn1ccc(P(C)(C)=O)c1C=C1C(=O)Nc2cc(-c3ccccc3)ccc21. The van der Waals surface area contributed by atoms with Gasteiger partial charge in [-0.15, -0.1) is 0 Å². The molecule has 0 saturated carbocycles. The molecule has 2 heterocycles. The van der Waals surface area contributed by atoms with E-state index in [1.54, 1.807) is 13.3 Å². The fraction of sp³-hybridized carbons (Fsp3) is 0.136. The van der Waals surface area contributed by atoms with Crippen LogP contribution in [0.15, 0.2) is 60.8 Å². The molecule has 3 aromatic rings. The van der Waals surface area contributed by atoms with Gasteiger partial charge in [0.25, 0.3) is 5.91 Å². The van der Waals surface area contributed by atoms with Crippen LogP contribution in [0.25, 0.3) is 22.8 Å². The predicted molar refractivity (Wildman–Crippen MR) is 113 cm³/mol. The predicted octanol–water partition coefficient (Wildman–Crippen LogP) is 4.43. The van der Waals surface area contributed by atoms with Gasteiger partial charge in [0.15, 0.2) is 0 Å². The van der Waals surface area contributed by atoms with E-state index in [1.165, 1.54) is 0 Å². The zero-order valence-electron chi connectivity index (χ0n) is 15.6. The lowest BCUT2D eigenvalue weighted by molar-refractivity contribution is -0.110. The highest BCUT2D eigenvalue weighted by Gasteiger charge is 2.26. The molecule has 1 N–H and O–H groups in total. The van der Waals surface area contributed by atoms with Crippen LogP contribution in [0.1, 0.15) is 11.3 Å². The number of nitrogens with zero attached hydrogens (tertiary/aromatic N) is 1. The van der Waals surface area contributed by atoms with Gasteiger partial charge in [0.1, 0.15) is 7.14 Å². The van der Waals surface area contributed by atoms with Crippen LogP contribution in [0.5, 0.6) is 0 Å². The monoisotopic (exact) mass is 376 g/mol. The molecule has 1 amide bonds. The van der Waals surface area contributed by atoms with Crippen molar-refractivity contribution >= 4 is 35.7 Å². The van der Waals surface area contributed by atoms with Crippen molar-refractivity contribution < 1.29 is 9.36 Å². The Kier molecular flexibility index (Phi) is 4.16. The molecular weight excluding hydrogens is 355 g/mol. The largest absolute Gasteiger partial charge is 0.350 e. The Morgan fingerprint density at radius 3 is 2.44 bits per heavy atom. The number of benzene rings is 2. The lowest BCUT2D eigenvalue weighted by Gasteiger charge is -2.09. The second kappa shape index (κ2) is 6.40. The molecule has 4 nitrogen and oxygen atoms in total. The van der Waals surface area contributed by atoms with Gasteiger partial charge in [0, 0.05) is 29.8 Å². The first-order chi connectivity index (χ1) is 12.8. The van der Waals surface area contributed by atoms with E-state index >= 15 is 0 Å². The fourth-order valence-corrected chi connectivity index (χ4v) is 4.64. The number of fused-ring (bicyclic) bond motifs is 1. The average Bonchev–Trinajstić information content (AvgIpc) is 3.15. The first-order valence-electron chi connectivity index (χ1n) is 8.78. The smallest absolute Gasteiger partial charge is 0.256 e. The summed E-state index contributed by atoms with van der Waals surface area (Å²) < 4.78 is 14.5.